The summed E-state index contributed by atoms with van der Waals surface area (Å²) in [6.45, 7) is 1.93. The molecule has 242 valence electrons. The van der Waals surface area contributed by atoms with Crippen LogP contribution in [-0.4, -0.2) is 76.4 Å². The summed E-state index contributed by atoms with van der Waals surface area (Å²) in [6.07, 6.45) is 0. The maximum absolute atomic E-state index is 12.9. The van der Waals surface area contributed by atoms with E-state index < -0.39 is 11.8 Å². The number of hydrogen-bond donors (Lipinski definition) is 5. The summed E-state index contributed by atoms with van der Waals surface area (Å²) in [5.41, 5.74) is 1.43. The third-order valence-electron chi connectivity index (χ3n) is 5.73. The summed E-state index contributed by atoms with van der Waals surface area (Å²) in [4.78, 5) is 25.9. The number of benzene rings is 3. The van der Waals surface area contributed by atoms with Gasteiger partial charge in [0.1, 0.15) is 0 Å². The molecule has 3 aromatic rings. The third kappa shape index (κ3) is 9.82. The number of anilines is 2. The standard InChI is InChI=1S/C28H30N4O8S2.C2H6O/c1-35-19-11-15(12-20(36-2)23(19)39-5)25(33)31-27(41)29-17-9-7-8-10-18(17)30-28(42)32-26(34)16-13-21(37-3)24(40-6)22(14-16)38-4;1-2-3/h7-14H,1-6H3,(H2,29,31,33,41)(H2,30,32,34,42);3H,2H2,1H3. The van der Waals surface area contributed by atoms with Crippen LogP contribution in [-0.2, 0) is 0 Å². The zero-order chi connectivity index (χ0) is 33.5. The number of carbonyl (C=O) groups excluding carboxylic acids is 2. The van der Waals surface area contributed by atoms with Crippen LogP contribution in [0.4, 0.5) is 11.4 Å². The molecule has 0 aromatic heterocycles. The maximum atomic E-state index is 12.9. The van der Waals surface area contributed by atoms with E-state index in [0.717, 1.165) is 0 Å². The third-order valence-corrected chi connectivity index (χ3v) is 6.14. The van der Waals surface area contributed by atoms with Crippen LogP contribution in [0.15, 0.2) is 48.5 Å². The highest BCUT2D eigenvalue weighted by Crippen LogP contribution is 2.39. The van der Waals surface area contributed by atoms with Crippen molar-refractivity contribution in [1.29, 1.82) is 0 Å². The lowest BCUT2D eigenvalue weighted by Crippen LogP contribution is -2.36. The first kappa shape index (κ1) is 36.3. The average Bonchev–Trinajstić information content (AvgIpc) is 3.04. The van der Waals surface area contributed by atoms with Crippen LogP contribution in [0, 0.1) is 0 Å². The second-order valence-electron chi connectivity index (χ2n) is 8.51. The van der Waals surface area contributed by atoms with Crippen molar-refractivity contribution in [2.24, 2.45) is 0 Å². The lowest BCUT2D eigenvalue weighted by Gasteiger charge is -2.17. The van der Waals surface area contributed by atoms with Gasteiger partial charge in [-0.1, -0.05) is 12.1 Å². The molecule has 5 N–H and O–H groups in total. The molecule has 0 saturated carbocycles. The Morgan fingerprint density at radius 2 is 0.911 bits per heavy atom. The minimum atomic E-state index is -0.509. The molecular formula is C30H36N4O9S2. The maximum Gasteiger partial charge on any atom is 0.257 e. The first-order valence-corrected chi connectivity index (χ1v) is 14.0. The van der Waals surface area contributed by atoms with Crippen molar-refractivity contribution < 1.29 is 43.1 Å². The van der Waals surface area contributed by atoms with E-state index >= 15 is 0 Å². The van der Waals surface area contributed by atoms with E-state index in [2.05, 4.69) is 21.3 Å². The number of aliphatic hydroxyl groups excluding tert-OH is 1. The summed E-state index contributed by atoms with van der Waals surface area (Å²) in [5, 5.41) is 18.7. The molecule has 0 aliphatic carbocycles. The number of thiocarbonyl (C=S) groups is 2. The van der Waals surface area contributed by atoms with Gasteiger partial charge in [-0.3, -0.25) is 20.2 Å². The molecule has 0 atom stereocenters. The molecule has 0 aliphatic rings. The summed E-state index contributed by atoms with van der Waals surface area (Å²) < 4.78 is 31.8. The minimum absolute atomic E-state index is 0.00961. The number of ether oxygens (including phenoxy) is 6. The van der Waals surface area contributed by atoms with Gasteiger partial charge >= 0.3 is 0 Å². The minimum Gasteiger partial charge on any atom is -0.493 e. The fourth-order valence-electron chi connectivity index (χ4n) is 3.78. The molecule has 0 spiro atoms. The summed E-state index contributed by atoms with van der Waals surface area (Å²) in [5.74, 6) is 0.955. The molecule has 15 heteroatoms. The predicted molar refractivity (Wildman–Crippen MR) is 179 cm³/mol. The number of methoxy groups -OCH3 is 6. The Hall–Kier alpha value is -4.86. The van der Waals surface area contributed by atoms with Gasteiger partial charge in [-0.15, -0.1) is 0 Å². The van der Waals surface area contributed by atoms with E-state index in [-0.39, 0.29) is 28.0 Å². The lowest BCUT2D eigenvalue weighted by molar-refractivity contribution is 0.0968. The van der Waals surface area contributed by atoms with E-state index in [4.69, 9.17) is 58.0 Å². The smallest absolute Gasteiger partial charge is 0.257 e. The topological polar surface area (TPSA) is 158 Å². The number of hydrogen-bond acceptors (Lipinski definition) is 11. The lowest BCUT2D eigenvalue weighted by atomic mass is 10.1. The van der Waals surface area contributed by atoms with Crippen LogP contribution in [0.5, 0.6) is 34.5 Å². The van der Waals surface area contributed by atoms with Gasteiger partial charge in [0.15, 0.2) is 33.2 Å². The second-order valence-corrected chi connectivity index (χ2v) is 9.32. The Kier molecular flexibility index (Phi) is 14.6. The summed E-state index contributed by atoms with van der Waals surface area (Å²) >= 11 is 10.7. The van der Waals surface area contributed by atoms with Crippen molar-refractivity contribution in [3.8, 4) is 34.5 Å². The van der Waals surface area contributed by atoms with Gasteiger partial charge in [0.05, 0.1) is 54.0 Å². The monoisotopic (exact) mass is 660 g/mol. The first-order valence-electron chi connectivity index (χ1n) is 13.2. The summed E-state index contributed by atoms with van der Waals surface area (Å²) in [6, 6.07) is 13.0. The summed E-state index contributed by atoms with van der Waals surface area (Å²) in [7, 11) is 8.74. The zero-order valence-electron chi connectivity index (χ0n) is 25.9. The van der Waals surface area contributed by atoms with Crippen LogP contribution in [0.25, 0.3) is 0 Å². The van der Waals surface area contributed by atoms with Gasteiger partial charge in [0, 0.05) is 17.7 Å². The van der Waals surface area contributed by atoms with Gasteiger partial charge in [-0.25, -0.2) is 0 Å². The molecule has 0 aliphatic heterocycles. The first-order chi connectivity index (χ1) is 21.6. The van der Waals surface area contributed by atoms with Crippen LogP contribution in [0.2, 0.25) is 0 Å². The highest BCUT2D eigenvalue weighted by molar-refractivity contribution is 7.80. The van der Waals surface area contributed by atoms with Gasteiger partial charge in [0.25, 0.3) is 11.8 Å². The number of rotatable bonds is 10. The van der Waals surface area contributed by atoms with E-state index in [9.17, 15) is 9.59 Å². The molecule has 0 radical (unpaired) electrons. The van der Waals surface area contributed by atoms with Crippen LogP contribution in [0.3, 0.4) is 0 Å². The van der Waals surface area contributed by atoms with Gasteiger partial charge < -0.3 is 44.2 Å². The predicted octanol–water partition coefficient (Wildman–Crippen LogP) is 3.99. The van der Waals surface area contributed by atoms with Gasteiger partial charge in [0.2, 0.25) is 11.5 Å². The van der Waals surface area contributed by atoms with Crippen LogP contribution in [0.1, 0.15) is 27.6 Å². The fraction of sp³-hybridized carbons (Fsp3) is 0.267. The van der Waals surface area contributed by atoms with Crippen LogP contribution >= 0.6 is 24.4 Å². The number of para-hydroxylation sites is 2. The second kappa shape index (κ2) is 18.1. The van der Waals surface area contributed by atoms with E-state index in [0.29, 0.717) is 45.9 Å². The largest absolute Gasteiger partial charge is 0.493 e. The van der Waals surface area contributed by atoms with Gasteiger partial charge in [-0.2, -0.15) is 0 Å². The number of amides is 2. The Morgan fingerprint density at radius 1 is 0.622 bits per heavy atom. The SMILES string of the molecule is CCO.COc1cc(C(=O)NC(=S)Nc2ccccc2NC(=S)NC(=O)c2cc(OC)c(OC)c(OC)c2)cc(OC)c1OC. The van der Waals surface area contributed by atoms with Crippen molar-refractivity contribution in [2.75, 3.05) is 59.9 Å². The number of carbonyl (C=O) groups is 2. The normalized spacial score (nSPS) is 9.78. The molecule has 0 saturated heterocycles. The van der Waals surface area contributed by atoms with E-state index in [1.165, 1.54) is 66.9 Å². The van der Waals surface area contributed by atoms with Crippen molar-refractivity contribution in [3.05, 3.63) is 59.7 Å². The highest BCUT2D eigenvalue weighted by Gasteiger charge is 2.20. The highest BCUT2D eigenvalue weighted by atomic mass is 32.1. The Bertz CT molecular complexity index is 1360. The molecule has 0 fully saturated rings. The van der Waals surface area contributed by atoms with Crippen LogP contribution < -0.4 is 49.7 Å². The molecular weight excluding hydrogens is 624 g/mol. The Balaban J connectivity index is 0.00000226. The van der Waals surface area contributed by atoms with Crippen molar-refractivity contribution in [2.45, 2.75) is 6.92 Å². The van der Waals surface area contributed by atoms with E-state index in [1.54, 1.807) is 31.2 Å². The number of aliphatic hydroxyl groups is 1. The van der Waals surface area contributed by atoms with Crippen molar-refractivity contribution >= 4 is 57.8 Å². The Morgan fingerprint density at radius 3 is 1.16 bits per heavy atom. The van der Waals surface area contributed by atoms with Crippen molar-refractivity contribution in [1.82, 2.24) is 10.6 Å². The molecule has 3 aromatic carbocycles. The fourth-order valence-corrected chi connectivity index (χ4v) is 4.19. The molecule has 0 heterocycles. The molecule has 0 bridgehead atoms. The number of nitrogens with one attached hydrogen (secondary N) is 4. The average molecular weight is 661 g/mol. The molecule has 2 amide bonds. The van der Waals surface area contributed by atoms with E-state index in [1.807, 2.05) is 0 Å². The Labute approximate surface area is 272 Å². The quantitative estimate of drug-likeness (QED) is 0.199. The molecule has 13 nitrogen and oxygen atoms in total. The zero-order valence-corrected chi connectivity index (χ0v) is 27.5. The molecule has 0 unspecified atom stereocenters. The van der Waals surface area contributed by atoms with Gasteiger partial charge in [-0.05, 0) is 67.8 Å². The molecule has 45 heavy (non-hydrogen) atoms. The molecule has 3 rings (SSSR count). The van der Waals surface area contributed by atoms with Crippen molar-refractivity contribution in [3.63, 3.8) is 0 Å².